The number of sulfone groups is 1. The van der Waals surface area contributed by atoms with Crippen molar-refractivity contribution in [2.45, 2.75) is 44.3 Å². The van der Waals surface area contributed by atoms with Crippen LogP contribution in [0.15, 0.2) is 0 Å². The minimum Gasteiger partial charge on any atom is -0.314 e. The topological polar surface area (TPSA) is 46.2 Å². The summed E-state index contributed by atoms with van der Waals surface area (Å²) in [4.78, 5) is 0. The van der Waals surface area contributed by atoms with Crippen molar-refractivity contribution < 1.29 is 21.6 Å². The van der Waals surface area contributed by atoms with Crippen molar-refractivity contribution in [3.63, 3.8) is 0 Å². The van der Waals surface area contributed by atoms with Crippen LogP contribution in [0.25, 0.3) is 0 Å². The van der Waals surface area contributed by atoms with Gasteiger partial charge in [0.25, 0.3) is 0 Å². The Morgan fingerprint density at radius 2 is 1.71 bits per heavy atom. The van der Waals surface area contributed by atoms with Gasteiger partial charge in [0.05, 0.1) is 11.5 Å². The van der Waals surface area contributed by atoms with E-state index in [1.54, 1.807) is 0 Å². The Balaban J connectivity index is 2.05. The highest BCUT2D eigenvalue weighted by Gasteiger charge is 2.26. The van der Waals surface area contributed by atoms with E-state index in [1.165, 1.54) is 0 Å². The van der Waals surface area contributed by atoms with Gasteiger partial charge in [0, 0.05) is 12.5 Å². The molecule has 0 aliphatic carbocycles. The summed E-state index contributed by atoms with van der Waals surface area (Å²) in [6, 6.07) is 0.143. The molecule has 1 N–H and O–H groups in total. The minimum absolute atomic E-state index is 0.127. The van der Waals surface area contributed by atoms with E-state index in [9.17, 15) is 21.6 Å². The van der Waals surface area contributed by atoms with E-state index >= 15 is 0 Å². The van der Waals surface area contributed by atoms with Crippen LogP contribution in [0.4, 0.5) is 13.2 Å². The third-order valence-corrected chi connectivity index (χ3v) is 4.59. The SMILES string of the molecule is O=S1(=O)CCC(NCCCCC(F)(F)F)CC1. The summed E-state index contributed by atoms with van der Waals surface area (Å²) in [6.45, 7) is 0.529. The molecule has 0 amide bonds. The van der Waals surface area contributed by atoms with Crippen LogP contribution in [-0.2, 0) is 9.84 Å². The molecular weight excluding hydrogens is 255 g/mol. The molecule has 1 heterocycles. The smallest absolute Gasteiger partial charge is 0.314 e. The summed E-state index contributed by atoms with van der Waals surface area (Å²) in [7, 11) is -2.86. The van der Waals surface area contributed by atoms with Gasteiger partial charge in [-0.1, -0.05) is 0 Å². The van der Waals surface area contributed by atoms with Crippen LogP contribution in [0.1, 0.15) is 32.1 Å². The molecule has 0 radical (unpaired) electrons. The molecule has 0 spiro atoms. The van der Waals surface area contributed by atoms with Gasteiger partial charge in [-0.25, -0.2) is 8.42 Å². The van der Waals surface area contributed by atoms with Crippen LogP contribution >= 0.6 is 0 Å². The van der Waals surface area contributed by atoms with Crippen molar-refractivity contribution >= 4 is 9.84 Å². The highest BCUT2D eigenvalue weighted by Crippen LogP contribution is 2.22. The minimum atomic E-state index is -4.07. The van der Waals surface area contributed by atoms with Gasteiger partial charge < -0.3 is 5.32 Å². The number of rotatable bonds is 5. The normalized spacial score (nSPS) is 21.6. The second-order valence-corrected chi connectivity index (χ2v) is 6.76. The van der Waals surface area contributed by atoms with E-state index in [0.29, 0.717) is 25.8 Å². The predicted molar refractivity (Wildman–Crippen MR) is 59.6 cm³/mol. The maximum atomic E-state index is 11.8. The van der Waals surface area contributed by atoms with Crippen LogP contribution in [0.3, 0.4) is 0 Å². The Hall–Kier alpha value is -0.300. The molecule has 0 atom stereocenters. The second kappa shape index (κ2) is 6.04. The number of unbranched alkanes of at least 4 members (excludes halogenated alkanes) is 1. The lowest BCUT2D eigenvalue weighted by atomic mass is 10.1. The fraction of sp³-hybridized carbons (Fsp3) is 1.00. The Morgan fingerprint density at radius 1 is 1.12 bits per heavy atom. The standard InChI is InChI=1S/C10H18F3NO2S/c11-10(12,13)5-1-2-6-14-9-3-7-17(15,16)8-4-9/h9,14H,1-8H2. The lowest BCUT2D eigenvalue weighted by Gasteiger charge is -2.23. The molecule has 1 saturated heterocycles. The van der Waals surface area contributed by atoms with Crippen LogP contribution in [0.5, 0.6) is 0 Å². The van der Waals surface area contributed by atoms with Crippen molar-refractivity contribution in [2.24, 2.45) is 0 Å². The van der Waals surface area contributed by atoms with Crippen LogP contribution in [-0.4, -0.2) is 38.7 Å². The summed E-state index contributed by atoms with van der Waals surface area (Å²) in [5.41, 5.74) is 0. The molecule has 0 bridgehead atoms. The van der Waals surface area contributed by atoms with Crippen molar-refractivity contribution in [2.75, 3.05) is 18.1 Å². The van der Waals surface area contributed by atoms with Gasteiger partial charge in [0.1, 0.15) is 9.84 Å². The second-order valence-electron chi connectivity index (χ2n) is 4.45. The quantitative estimate of drug-likeness (QED) is 0.778. The first-order chi connectivity index (χ1) is 7.79. The number of hydrogen-bond donors (Lipinski definition) is 1. The highest BCUT2D eigenvalue weighted by molar-refractivity contribution is 7.91. The first kappa shape index (κ1) is 14.8. The zero-order chi connectivity index (χ0) is 12.9. The maximum absolute atomic E-state index is 11.8. The van der Waals surface area contributed by atoms with E-state index in [1.807, 2.05) is 0 Å². The van der Waals surface area contributed by atoms with E-state index in [-0.39, 0.29) is 24.0 Å². The molecule has 1 rings (SSSR count). The van der Waals surface area contributed by atoms with Crippen molar-refractivity contribution in [1.29, 1.82) is 0 Å². The third kappa shape index (κ3) is 6.88. The largest absolute Gasteiger partial charge is 0.389 e. The molecule has 0 aromatic heterocycles. The van der Waals surface area contributed by atoms with E-state index in [4.69, 9.17) is 0 Å². The molecule has 1 fully saturated rings. The molecule has 1 aliphatic heterocycles. The van der Waals surface area contributed by atoms with Crippen molar-refractivity contribution in [3.05, 3.63) is 0 Å². The summed E-state index contributed by atoms with van der Waals surface area (Å²) >= 11 is 0. The number of hydrogen-bond acceptors (Lipinski definition) is 3. The van der Waals surface area contributed by atoms with Crippen LogP contribution in [0.2, 0.25) is 0 Å². The Kier molecular flexibility index (Phi) is 5.24. The summed E-state index contributed by atoms with van der Waals surface area (Å²) in [5.74, 6) is 0.375. The summed E-state index contributed by atoms with van der Waals surface area (Å²) < 4.78 is 57.8. The zero-order valence-corrected chi connectivity index (χ0v) is 10.4. The molecular formula is C10H18F3NO2S. The van der Waals surface area contributed by atoms with E-state index in [2.05, 4.69) is 5.32 Å². The summed E-state index contributed by atoms with van der Waals surface area (Å²) in [5, 5.41) is 3.11. The predicted octanol–water partition coefficient (Wildman–Crippen LogP) is 1.89. The van der Waals surface area contributed by atoms with E-state index in [0.717, 1.165) is 0 Å². The molecule has 1 aliphatic rings. The van der Waals surface area contributed by atoms with Gasteiger partial charge in [-0.05, 0) is 32.2 Å². The van der Waals surface area contributed by atoms with Gasteiger partial charge in [-0.3, -0.25) is 0 Å². The van der Waals surface area contributed by atoms with Gasteiger partial charge in [-0.15, -0.1) is 0 Å². The average Bonchev–Trinajstić information content (AvgIpc) is 2.18. The van der Waals surface area contributed by atoms with Gasteiger partial charge in [-0.2, -0.15) is 13.2 Å². The summed E-state index contributed by atoms with van der Waals surface area (Å²) in [6.07, 6.45) is -3.07. The monoisotopic (exact) mass is 273 g/mol. The molecule has 0 unspecified atom stereocenters. The molecule has 0 saturated carbocycles. The molecule has 7 heteroatoms. The molecule has 17 heavy (non-hydrogen) atoms. The molecule has 0 aromatic carbocycles. The number of alkyl halides is 3. The van der Waals surface area contributed by atoms with E-state index < -0.39 is 22.4 Å². The van der Waals surface area contributed by atoms with Gasteiger partial charge in [0.15, 0.2) is 0 Å². The first-order valence-electron chi connectivity index (χ1n) is 5.79. The lowest BCUT2D eigenvalue weighted by Crippen LogP contribution is -2.37. The number of halogens is 3. The van der Waals surface area contributed by atoms with Gasteiger partial charge in [0.2, 0.25) is 0 Å². The zero-order valence-electron chi connectivity index (χ0n) is 9.59. The number of nitrogens with one attached hydrogen (secondary N) is 1. The molecule has 0 aromatic rings. The Labute approximate surface area is 99.7 Å². The van der Waals surface area contributed by atoms with Crippen LogP contribution in [0, 0.1) is 0 Å². The Bertz CT molecular complexity index is 313. The molecule has 3 nitrogen and oxygen atoms in total. The highest BCUT2D eigenvalue weighted by atomic mass is 32.2. The Morgan fingerprint density at radius 3 is 2.24 bits per heavy atom. The first-order valence-corrected chi connectivity index (χ1v) is 7.61. The van der Waals surface area contributed by atoms with Crippen molar-refractivity contribution in [1.82, 2.24) is 5.32 Å². The van der Waals surface area contributed by atoms with Crippen molar-refractivity contribution in [3.8, 4) is 0 Å². The maximum Gasteiger partial charge on any atom is 0.389 e. The van der Waals surface area contributed by atoms with Gasteiger partial charge >= 0.3 is 6.18 Å². The molecule has 102 valence electrons. The fourth-order valence-corrected chi connectivity index (χ4v) is 3.34. The lowest BCUT2D eigenvalue weighted by molar-refractivity contribution is -0.135. The third-order valence-electron chi connectivity index (χ3n) is 2.87. The van der Waals surface area contributed by atoms with Crippen LogP contribution < -0.4 is 5.32 Å². The average molecular weight is 273 g/mol. The fourth-order valence-electron chi connectivity index (χ4n) is 1.85.